The van der Waals surface area contributed by atoms with Crippen LogP contribution in [0.5, 0.6) is 11.5 Å². The number of nitrogens with one attached hydrogen (secondary N) is 1. The summed E-state index contributed by atoms with van der Waals surface area (Å²) in [6, 6.07) is 1.77. The molecule has 28 heavy (non-hydrogen) atoms. The van der Waals surface area contributed by atoms with E-state index in [4.69, 9.17) is 31.5 Å². The molecule has 1 saturated heterocycles. The van der Waals surface area contributed by atoms with Gasteiger partial charge in [-0.3, -0.25) is 4.79 Å². The molecule has 2 heterocycles. The fourth-order valence-corrected chi connectivity index (χ4v) is 4.70. The molecule has 4 rings (SSSR count). The van der Waals surface area contributed by atoms with E-state index in [0.29, 0.717) is 41.0 Å². The number of hydrogen-bond acceptors (Lipinski definition) is 5. The van der Waals surface area contributed by atoms with E-state index in [9.17, 15) is 4.79 Å². The van der Waals surface area contributed by atoms with Crippen LogP contribution in [0.1, 0.15) is 55.3 Å². The van der Waals surface area contributed by atoms with Crippen LogP contribution >= 0.6 is 11.6 Å². The second kappa shape index (κ2) is 8.78. The van der Waals surface area contributed by atoms with E-state index in [0.717, 1.165) is 37.9 Å². The first kappa shape index (κ1) is 19.6. The Morgan fingerprint density at radius 3 is 2.46 bits per heavy atom. The van der Waals surface area contributed by atoms with E-state index < -0.39 is 0 Å². The van der Waals surface area contributed by atoms with E-state index in [1.807, 2.05) is 0 Å². The van der Waals surface area contributed by atoms with Crippen molar-refractivity contribution < 1.29 is 19.0 Å². The quantitative estimate of drug-likeness (QED) is 0.724. The molecule has 7 heteroatoms. The van der Waals surface area contributed by atoms with Crippen LogP contribution in [-0.4, -0.2) is 38.4 Å². The predicted molar refractivity (Wildman–Crippen MR) is 108 cm³/mol. The molecule has 0 spiro atoms. The number of halogens is 1. The van der Waals surface area contributed by atoms with Crippen LogP contribution in [0.4, 0.5) is 5.69 Å². The first-order valence-electron chi connectivity index (χ1n) is 10.4. The summed E-state index contributed by atoms with van der Waals surface area (Å²) in [7, 11) is 0. The lowest BCUT2D eigenvalue weighted by Gasteiger charge is -2.30. The zero-order valence-electron chi connectivity index (χ0n) is 16.2. The van der Waals surface area contributed by atoms with E-state index in [2.05, 4.69) is 5.32 Å². The Labute approximate surface area is 171 Å². The minimum Gasteiger partial charge on any atom is -0.485 e. The Bertz CT molecular complexity index is 713. The van der Waals surface area contributed by atoms with Crippen molar-refractivity contribution in [1.29, 1.82) is 0 Å². The summed E-state index contributed by atoms with van der Waals surface area (Å²) in [5, 5.41) is 3.47. The van der Waals surface area contributed by atoms with Crippen LogP contribution in [0.2, 0.25) is 5.02 Å². The van der Waals surface area contributed by atoms with Crippen molar-refractivity contribution in [3.05, 3.63) is 16.7 Å². The number of nitrogens with two attached hydrogens (primary N) is 1. The van der Waals surface area contributed by atoms with E-state index in [1.165, 1.54) is 32.1 Å². The van der Waals surface area contributed by atoms with Gasteiger partial charge in [0.25, 0.3) is 5.91 Å². The highest BCUT2D eigenvalue weighted by Gasteiger charge is 2.28. The van der Waals surface area contributed by atoms with E-state index in [-0.39, 0.29) is 11.9 Å². The molecule has 6 nitrogen and oxygen atoms in total. The van der Waals surface area contributed by atoms with Gasteiger partial charge in [-0.15, -0.1) is 0 Å². The lowest BCUT2D eigenvalue weighted by Crippen LogP contribution is -2.38. The minimum atomic E-state index is -0.171. The summed E-state index contributed by atoms with van der Waals surface area (Å²) in [6.45, 7) is 2.66. The molecule has 0 aromatic heterocycles. The van der Waals surface area contributed by atoms with Crippen molar-refractivity contribution in [2.45, 2.75) is 51.0 Å². The van der Waals surface area contributed by atoms with Crippen LogP contribution in [0.25, 0.3) is 0 Å². The zero-order valence-corrected chi connectivity index (χ0v) is 16.9. The summed E-state index contributed by atoms with van der Waals surface area (Å²) in [4.78, 5) is 12.9. The minimum absolute atomic E-state index is 0.171. The summed E-state index contributed by atoms with van der Waals surface area (Å²) in [5.74, 6) is 2.13. The number of carbonyl (C=O) groups excluding carboxylic acids is 1. The number of fused-ring (bicyclic) bond motifs is 1. The Morgan fingerprint density at radius 2 is 1.75 bits per heavy atom. The van der Waals surface area contributed by atoms with E-state index in [1.54, 1.807) is 6.07 Å². The Balaban J connectivity index is 1.32. The van der Waals surface area contributed by atoms with Gasteiger partial charge in [0.15, 0.2) is 11.5 Å². The SMILES string of the molecule is Nc1c(Cl)cc(C(=O)NC2CCC(CCC3CCOC3)CC2)c2c1OCCO2. The Kier molecular flexibility index (Phi) is 6.16. The van der Waals surface area contributed by atoms with Crippen LogP contribution in [0.15, 0.2) is 6.07 Å². The number of rotatable bonds is 5. The van der Waals surface area contributed by atoms with Crippen LogP contribution in [0.3, 0.4) is 0 Å². The van der Waals surface area contributed by atoms with Crippen LogP contribution in [-0.2, 0) is 4.74 Å². The molecule has 1 aliphatic carbocycles. The second-order valence-corrected chi connectivity index (χ2v) is 8.58. The fraction of sp³-hybridized carbons (Fsp3) is 0.667. The molecule has 2 fully saturated rings. The molecule has 3 aliphatic rings. The molecule has 1 atom stereocenters. The Morgan fingerprint density at radius 1 is 1.04 bits per heavy atom. The van der Waals surface area contributed by atoms with E-state index >= 15 is 0 Å². The number of hydrogen-bond donors (Lipinski definition) is 2. The standard InChI is InChI=1S/C21H29ClN2O4/c22-17-11-16(19-20(18(17)23)28-10-9-27-19)21(25)24-15-5-3-13(4-6-15)1-2-14-7-8-26-12-14/h11,13-15H,1-10,12,23H2,(H,24,25). The lowest BCUT2D eigenvalue weighted by molar-refractivity contribution is 0.0909. The molecule has 154 valence electrons. The first-order valence-corrected chi connectivity index (χ1v) is 10.8. The molecule has 1 aromatic carbocycles. The summed E-state index contributed by atoms with van der Waals surface area (Å²) in [6.07, 6.45) is 8.12. The van der Waals surface area contributed by atoms with Gasteiger partial charge in [-0.2, -0.15) is 0 Å². The Hall–Kier alpha value is -1.66. The molecular weight excluding hydrogens is 380 g/mol. The van der Waals surface area contributed by atoms with Gasteiger partial charge in [0.1, 0.15) is 13.2 Å². The third-order valence-electron chi connectivity index (χ3n) is 6.23. The largest absolute Gasteiger partial charge is 0.485 e. The molecule has 1 unspecified atom stereocenters. The monoisotopic (exact) mass is 408 g/mol. The molecule has 3 N–H and O–H groups in total. The maximum absolute atomic E-state index is 12.9. The molecule has 1 saturated carbocycles. The second-order valence-electron chi connectivity index (χ2n) is 8.17. The number of carbonyl (C=O) groups is 1. The van der Waals surface area contributed by atoms with Gasteiger partial charge in [-0.05, 0) is 56.4 Å². The summed E-state index contributed by atoms with van der Waals surface area (Å²) < 4.78 is 16.7. The molecule has 0 bridgehead atoms. The maximum atomic E-state index is 12.9. The maximum Gasteiger partial charge on any atom is 0.255 e. The van der Waals surface area contributed by atoms with Crippen molar-refractivity contribution in [2.24, 2.45) is 11.8 Å². The number of anilines is 1. The third-order valence-corrected chi connectivity index (χ3v) is 6.55. The highest BCUT2D eigenvalue weighted by molar-refractivity contribution is 6.34. The van der Waals surface area contributed by atoms with Crippen LogP contribution in [0, 0.1) is 11.8 Å². The van der Waals surface area contributed by atoms with Gasteiger partial charge >= 0.3 is 0 Å². The van der Waals surface area contributed by atoms with Crippen molar-refractivity contribution >= 4 is 23.2 Å². The number of benzene rings is 1. The third kappa shape index (κ3) is 4.33. The normalized spacial score (nSPS) is 26.8. The average molecular weight is 409 g/mol. The lowest BCUT2D eigenvalue weighted by atomic mass is 9.82. The fourth-order valence-electron chi connectivity index (χ4n) is 4.51. The molecule has 2 aliphatic heterocycles. The zero-order chi connectivity index (χ0) is 19.5. The first-order chi connectivity index (χ1) is 13.6. The van der Waals surface area contributed by atoms with Crippen LogP contribution < -0.4 is 20.5 Å². The van der Waals surface area contributed by atoms with Crippen molar-refractivity contribution in [2.75, 3.05) is 32.2 Å². The molecule has 1 aromatic rings. The van der Waals surface area contributed by atoms with Gasteiger partial charge < -0.3 is 25.3 Å². The van der Waals surface area contributed by atoms with Gasteiger partial charge in [-0.25, -0.2) is 0 Å². The summed E-state index contributed by atoms with van der Waals surface area (Å²) >= 11 is 6.20. The predicted octanol–water partition coefficient (Wildman–Crippen LogP) is 3.80. The number of nitrogen functional groups attached to an aromatic ring is 1. The molecular formula is C21H29ClN2O4. The van der Waals surface area contributed by atoms with Crippen molar-refractivity contribution in [3.63, 3.8) is 0 Å². The molecule has 0 radical (unpaired) electrons. The van der Waals surface area contributed by atoms with Crippen molar-refractivity contribution in [1.82, 2.24) is 5.32 Å². The highest BCUT2D eigenvalue weighted by atomic mass is 35.5. The number of ether oxygens (including phenoxy) is 3. The smallest absolute Gasteiger partial charge is 0.255 e. The van der Waals surface area contributed by atoms with Crippen molar-refractivity contribution in [3.8, 4) is 11.5 Å². The van der Waals surface area contributed by atoms with Gasteiger partial charge in [0.2, 0.25) is 0 Å². The highest BCUT2D eigenvalue weighted by Crippen LogP contribution is 2.43. The van der Waals surface area contributed by atoms with Gasteiger partial charge in [0.05, 0.1) is 16.3 Å². The average Bonchev–Trinajstić information content (AvgIpc) is 3.24. The topological polar surface area (TPSA) is 82.8 Å². The van der Waals surface area contributed by atoms with Gasteiger partial charge in [-0.1, -0.05) is 18.0 Å². The number of amides is 1. The van der Waals surface area contributed by atoms with Gasteiger partial charge in [0, 0.05) is 19.3 Å². The molecule has 1 amide bonds. The summed E-state index contributed by atoms with van der Waals surface area (Å²) in [5.41, 5.74) is 6.69.